The van der Waals surface area contributed by atoms with E-state index in [4.69, 9.17) is 0 Å². The van der Waals surface area contributed by atoms with Crippen LogP contribution in [0.25, 0.3) is 10.9 Å². The van der Waals surface area contributed by atoms with Gasteiger partial charge in [-0.2, -0.15) is 0 Å². The lowest BCUT2D eigenvalue weighted by Gasteiger charge is -2.27. The number of carbonyl (C=O) groups excluding carboxylic acids is 1. The van der Waals surface area contributed by atoms with Gasteiger partial charge in [0.1, 0.15) is 5.69 Å². The molecule has 0 atom stereocenters. The van der Waals surface area contributed by atoms with Crippen LogP contribution in [0.5, 0.6) is 0 Å². The Morgan fingerprint density at radius 3 is 2.57 bits per heavy atom. The van der Waals surface area contributed by atoms with Gasteiger partial charge in [-0.25, -0.2) is 0 Å². The average Bonchev–Trinajstić information content (AvgIpc) is 2.93. The van der Waals surface area contributed by atoms with Crippen molar-refractivity contribution in [2.45, 2.75) is 33.2 Å². The molecule has 23 heavy (non-hydrogen) atoms. The van der Waals surface area contributed by atoms with Crippen molar-refractivity contribution >= 4 is 16.8 Å². The molecule has 0 radical (unpaired) electrons. The number of aromatic nitrogens is 2. The van der Waals surface area contributed by atoms with Gasteiger partial charge < -0.3 is 10.3 Å². The Morgan fingerprint density at radius 2 is 1.87 bits per heavy atom. The topological polar surface area (TPSA) is 57.8 Å². The first-order chi connectivity index (χ1) is 10.9. The van der Waals surface area contributed by atoms with Crippen molar-refractivity contribution in [1.29, 1.82) is 0 Å². The van der Waals surface area contributed by atoms with Gasteiger partial charge in [0.15, 0.2) is 0 Å². The number of aryl methyl sites for hydroxylation is 2. The summed E-state index contributed by atoms with van der Waals surface area (Å²) in [5.41, 5.74) is 4.09. The highest BCUT2D eigenvalue weighted by Gasteiger charge is 2.27. The highest BCUT2D eigenvalue weighted by molar-refractivity contribution is 5.99. The van der Waals surface area contributed by atoms with Crippen molar-refractivity contribution in [2.24, 2.45) is 0 Å². The number of carbonyl (C=O) groups is 1. The van der Waals surface area contributed by atoms with Crippen LogP contribution in [0.1, 0.15) is 41.2 Å². The molecular formula is C19H21N3O. The third-order valence-electron chi connectivity index (χ3n) is 4.14. The van der Waals surface area contributed by atoms with Gasteiger partial charge in [0.05, 0.1) is 11.2 Å². The van der Waals surface area contributed by atoms with Crippen LogP contribution in [0.4, 0.5) is 0 Å². The minimum atomic E-state index is -0.547. The SMILES string of the molecule is Cc1cccnc1C(C)(C)NC(=O)c1cc2cccc(C)c2[nH]1. The second kappa shape index (κ2) is 5.54. The molecule has 1 amide bonds. The zero-order valence-corrected chi connectivity index (χ0v) is 13.9. The minimum Gasteiger partial charge on any atom is -0.350 e. The molecule has 0 spiro atoms. The number of amides is 1. The molecule has 0 saturated heterocycles. The summed E-state index contributed by atoms with van der Waals surface area (Å²) in [5.74, 6) is -0.129. The second-order valence-electron chi connectivity index (χ2n) is 6.47. The van der Waals surface area contributed by atoms with Gasteiger partial charge in [-0.05, 0) is 51.0 Å². The normalized spacial score (nSPS) is 11.7. The van der Waals surface area contributed by atoms with E-state index in [1.807, 2.05) is 64.1 Å². The number of rotatable bonds is 3. The zero-order chi connectivity index (χ0) is 16.6. The predicted molar refractivity (Wildman–Crippen MR) is 92.5 cm³/mol. The summed E-state index contributed by atoms with van der Waals surface area (Å²) in [6.07, 6.45) is 1.75. The van der Waals surface area contributed by atoms with E-state index in [-0.39, 0.29) is 5.91 Å². The van der Waals surface area contributed by atoms with E-state index in [2.05, 4.69) is 15.3 Å². The van der Waals surface area contributed by atoms with Crippen LogP contribution in [-0.4, -0.2) is 15.9 Å². The fourth-order valence-electron chi connectivity index (χ4n) is 2.98. The number of nitrogens with one attached hydrogen (secondary N) is 2. The fourth-order valence-corrected chi connectivity index (χ4v) is 2.98. The lowest BCUT2D eigenvalue weighted by atomic mass is 9.96. The van der Waals surface area contributed by atoms with Gasteiger partial charge in [-0.1, -0.05) is 24.3 Å². The summed E-state index contributed by atoms with van der Waals surface area (Å²) >= 11 is 0. The fraction of sp³-hybridized carbons (Fsp3) is 0.263. The lowest BCUT2D eigenvalue weighted by Crippen LogP contribution is -2.42. The Labute approximate surface area is 136 Å². The number of fused-ring (bicyclic) bond motifs is 1. The molecule has 0 fully saturated rings. The number of pyridine rings is 1. The number of benzene rings is 1. The van der Waals surface area contributed by atoms with E-state index >= 15 is 0 Å². The molecule has 2 aromatic heterocycles. The number of aromatic amines is 1. The van der Waals surface area contributed by atoms with Gasteiger partial charge in [0.25, 0.3) is 5.91 Å². The summed E-state index contributed by atoms with van der Waals surface area (Å²) in [6, 6.07) is 11.8. The molecule has 2 N–H and O–H groups in total. The zero-order valence-electron chi connectivity index (χ0n) is 13.9. The van der Waals surface area contributed by atoms with Crippen LogP contribution in [0, 0.1) is 13.8 Å². The van der Waals surface area contributed by atoms with Crippen molar-refractivity contribution in [3.8, 4) is 0 Å². The number of nitrogens with zero attached hydrogens (tertiary/aromatic N) is 1. The molecule has 0 aliphatic carbocycles. The maximum Gasteiger partial charge on any atom is 0.268 e. The van der Waals surface area contributed by atoms with Gasteiger partial charge in [-0.3, -0.25) is 9.78 Å². The Hall–Kier alpha value is -2.62. The first-order valence-electron chi connectivity index (χ1n) is 7.71. The second-order valence-corrected chi connectivity index (χ2v) is 6.47. The standard InChI is InChI=1S/C19H21N3O/c1-12-7-5-9-14-11-15(21-16(12)14)18(23)22-19(3,4)17-13(2)8-6-10-20-17/h5-11,21H,1-4H3,(H,22,23). The van der Waals surface area contributed by atoms with Crippen molar-refractivity contribution in [1.82, 2.24) is 15.3 Å². The Kier molecular flexibility index (Phi) is 3.68. The molecule has 1 aromatic carbocycles. The van der Waals surface area contributed by atoms with E-state index in [1.54, 1.807) is 6.20 Å². The average molecular weight is 307 g/mol. The van der Waals surface area contributed by atoms with E-state index in [0.717, 1.165) is 27.7 Å². The van der Waals surface area contributed by atoms with Crippen LogP contribution in [0.2, 0.25) is 0 Å². The molecule has 0 bridgehead atoms. The largest absolute Gasteiger partial charge is 0.350 e. The Balaban J connectivity index is 1.91. The molecule has 4 nitrogen and oxygen atoms in total. The van der Waals surface area contributed by atoms with Gasteiger partial charge >= 0.3 is 0 Å². The van der Waals surface area contributed by atoms with Crippen LogP contribution in [0.3, 0.4) is 0 Å². The van der Waals surface area contributed by atoms with E-state index < -0.39 is 5.54 Å². The molecule has 118 valence electrons. The maximum absolute atomic E-state index is 12.7. The van der Waals surface area contributed by atoms with Crippen molar-refractivity contribution < 1.29 is 4.79 Å². The summed E-state index contributed by atoms with van der Waals surface area (Å²) in [7, 11) is 0. The Morgan fingerprint density at radius 1 is 1.13 bits per heavy atom. The first-order valence-corrected chi connectivity index (χ1v) is 7.71. The van der Waals surface area contributed by atoms with Gasteiger partial charge in [0, 0.05) is 17.1 Å². The molecule has 0 aliphatic rings. The molecule has 0 unspecified atom stereocenters. The van der Waals surface area contributed by atoms with E-state index in [1.165, 1.54) is 0 Å². The molecule has 0 aliphatic heterocycles. The third-order valence-corrected chi connectivity index (χ3v) is 4.14. The third kappa shape index (κ3) is 2.84. The first kappa shape index (κ1) is 15.3. The summed E-state index contributed by atoms with van der Waals surface area (Å²) < 4.78 is 0. The number of para-hydroxylation sites is 1. The van der Waals surface area contributed by atoms with Gasteiger partial charge in [-0.15, -0.1) is 0 Å². The summed E-state index contributed by atoms with van der Waals surface area (Å²) in [6.45, 7) is 7.96. The predicted octanol–water partition coefficient (Wildman–Crippen LogP) is 3.84. The maximum atomic E-state index is 12.7. The highest BCUT2D eigenvalue weighted by Crippen LogP contribution is 2.23. The molecule has 2 heterocycles. The summed E-state index contributed by atoms with van der Waals surface area (Å²) in [4.78, 5) is 20.3. The number of H-pyrrole nitrogens is 1. The smallest absolute Gasteiger partial charge is 0.268 e. The number of hydrogen-bond acceptors (Lipinski definition) is 2. The lowest BCUT2D eigenvalue weighted by molar-refractivity contribution is 0.0906. The van der Waals surface area contributed by atoms with Crippen molar-refractivity contribution in [3.05, 3.63) is 65.1 Å². The molecular weight excluding hydrogens is 286 g/mol. The van der Waals surface area contributed by atoms with Crippen LogP contribution < -0.4 is 5.32 Å². The minimum absolute atomic E-state index is 0.129. The monoisotopic (exact) mass is 307 g/mol. The van der Waals surface area contributed by atoms with Crippen LogP contribution >= 0.6 is 0 Å². The van der Waals surface area contributed by atoms with Crippen LogP contribution in [-0.2, 0) is 5.54 Å². The highest BCUT2D eigenvalue weighted by atomic mass is 16.2. The Bertz CT molecular complexity index is 877. The van der Waals surface area contributed by atoms with E-state index in [0.29, 0.717) is 5.69 Å². The van der Waals surface area contributed by atoms with Crippen LogP contribution in [0.15, 0.2) is 42.6 Å². The van der Waals surface area contributed by atoms with Gasteiger partial charge in [0.2, 0.25) is 0 Å². The molecule has 3 rings (SSSR count). The molecule has 4 heteroatoms. The van der Waals surface area contributed by atoms with Crippen molar-refractivity contribution in [3.63, 3.8) is 0 Å². The molecule has 0 saturated carbocycles. The molecule has 3 aromatic rings. The number of hydrogen-bond donors (Lipinski definition) is 2. The summed E-state index contributed by atoms with van der Waals surface area (Å²) in [5, 5.41) is 4.12. The quantitative estimate of drug-likeness (QED) is 0.772. The van der Waals surface area contributed by atoms with E-state index in [9.17, 15) is 4.79 Å². The van der Waals surface area contributed by atoms with Crippen molar-refractivity contribution in [2.75, 3.05) is 0 Å².